The third-order valence-electron chi connectivity index (χ3n) is 1.68. The van der Waals surface area contributed by atoms with E-state index in [1.807, 2.05) is 0 Å². The molecule has 0 aromatic heterocycles. The molecule has 0 aliphatic carbocycles. The minimum absolute atomic E-state index is 0.112. The first-order valence-corrected chi connectivity index (χ1v) is 3.92. The molecule has 0 aliphatic heterocycles. The molecule has 1 N–H and O–H groups in total. The van der Waals surface area contributed by atoms with Crippen LogP contribution < -0.4 is 4.74 Å². The van der Waals surface area contributed by atoms with E-state index in [0.29, 0.717) is 12.1 Å². The van der Waals surface area contributed by atoms with E-state index in [0.717, 1.165) is 0 Å². The van der Waals surface area contributed by atoms with Crippen LogP contribution in [0.2, 0.25) is 0 Å². The van der Waals surface area contributed by atoms with E-state index in [4.69, 9.17) is 5.11 Å². The summed E-state index contributed by atoms with van der Waals surface area (Å²) in [5.74, 6) is -3.69. The van der Waals surface area contributed by atoms with Crippen molar-refractivity contribution in [1.82, 2.24) is 0 Å². The average Bonchev–Trinajstić information content (AvgIpc) is 2.19. The molecular weight excluding hydrogens is 229 g/mol. The Hall–Kier alpha value is -2.05. The zero-order valence-corrected chi connectivity index (χ0v) is 7.62. The van der Waals surface area contributed by atoms with E-state index < -0.39 is 35.3 Å². The van der Waals surface area contributed by atoms with Crippen LogP contribution in [-0.2, 0) is 0 Å². The van der Waals surface area contributed by atoms with Crippen LogP contribution in [0.25, 0.3) is 0 Å². The van der Waals surface area contributed by atoms with Crippen molar-refractivity contribution in [2.24, 2.45) is 0 Å². The average molecular weight is 234 g/mol. The molecule has 0 spiro atoms. The molecule has 0 radical (unpaired) electrons. The quantitative estimate of drug-likeness (QED) is 0.808. The third-order valence-corrected chi connectivity index (χ3v) is 1.68. The molecule has 0 fully saturated rings. The van der Waals surface area contributed by atoms with Crippen LogP contribution in [0.1, 0.15) is 20.7 Å². The van der Waals surface area contributed by atoms with Gasteiger partial charge in [-0.05, 0) is 12.1 Å². The van der Waals surface area contributed by atoms with Gasteiger partial charge >= 0.3 is 12.6 Å². The van der Waals surface area contributed by atoms with E-state index in [1.165, 1.54) is 0 Å². The maximum atomic E-state index is 13.0. The van der Waals surface area contributed by atoms with Crippen LogP contribution >= 0.6 is 0 Å². The van der Waals surface area contributed by atoms with Crippen molar-refractivity contribution in [1.29, 1.82) is 0 Å². The number of ether oxygens (including phenoxy) is 1. The predicted molar refractivity (Wildman–Crippen MR) is 45.4 cm³/mol. The molecule has 4 nitrogen and oxygen atoms in total. The number of carbonyl (C=O) groups is 2. The van der Waals surface area contributed by atoms with Gasteiger partial charge < -0.3 is 9.84 Å². The van der Waals surface area contributed by atoms with Crippen LogP contribution in [0.3, 0.4) is 0 Å². The molecule has 0 aliphatic rings. The Morgan fingerprint density at radius 1 is 1.44 bits per heavy atom. The molecule has 86 valence electrons. The van der Waals surface area contributed by atoms with Gasteiger partial charge in [-0.3, -0.25) is 4.79 Å². The molecule has 0 saturated carbocycles. The number of hydrogen-bond donors (Lipinski definition) is 1. The summed E-state index contributed by atoms with van der Waals surface area (Å²) in [5, 5.41) is 8.58. The second kappa shape index (κ2) is 4.65. The molecular formula is C9H5F3O4. The minimum Gasteiger partial charge on any atom is -0.478 e. The van der Waals surface area contributed by atoms with Crippen molar-refractivity contribution < 1.29 is 32.6 Å². The fraction of sp³-hybridized carbons (Fsp3) is 0.111. The Bertz CT molecular complexity index is 431. The lowest BCUT2D eigenvalue weighted by Crippen LogP contribution is -2.08. The van der Waals surface area contributed by atoms with Crippen molar-refractivity contribution in [3.05, 3.63) is 29.1 Å². The van der Waals surface area contributed by atoms with E-state index in [1.54, 1.807) is 0 Å². The van der Waals surface area contributed by atoms with E-state index in [2.05, 4.69) is 4.74 Å². The largest absolute Gasteiger partial charge is 0.478 e. The van der Waals surface area contributed by atoms with Gasteiger partial charge in [-0.2, -0.15) is 8.78 Å². The molecule has 0 saturated heterocycles. The van der Waals surface area contributed by atoms with Crippen LogP contribution in [0.4, 0.5) is 13.2 Å². The van der Waals surface area contributed by atoms with Gasteiger partial charge in [0.05, 0.1) is 5.56 Å². The summed E-state index contributed by atoms with van der Waals surface area (Å²) in [6, 6.07) is 1.06. The first-order chi connectivity index (χ1) is 7.45. The van der Waals surface area contributed by atoms with Gasteiger partial charge in [-0.25, -0.2) is 9.18 Å². The monoisotopic (exact) mass is 234 g/mol. The summed E-state index contributed by atoms with van der Waals surface area (Å²) in [6.07, 6.45) is 0.112. The predicted octanol–water partition coefficient (Wildman–Crippen LogP) is 1.94. The molecule has 0 heterocycles. The Kier molecular flexibility index (Phi) is 3.49. The maximum Gasteiger partial charge on any atom is 0.387 e. The highest BCUT2D eigenvalue weighted by atomic mass is 19.3. The van der Waals surface area contributed by atoms with Gasteiger partial charge in [0.2, 0.25) is 0 Å². The molecule has 0 atom stereocenters. The third kappa shape index (κ3) is 2.50. The van der Waals surface area contributed by atoms with Crippen LogP contribution in [0.5, 0.6) is 5.75 Å². The molecule has 1 aromatic rings. The summed E-state index contributed by atoms with van der Waals surface area (Å²) < 4.78 is 40.4. The number of carbonyl (C=O) groups excluding carboxylic acids is 1. The number of benzene rings is 1. The van der Waals surface area contributed by atoms with Crippen molar-refractivity contribution in [3.63, 3.8) is 0 Å². The summed E-state index contributed by atoms with van der Waals surface area (Å²) in [6.45, 7) is -3.26. The number of carboxylic acids is 1. The van der Waals surface area contributed by atoms with Gasteiger partial charge in [-0.15, -0.1) is 0 Å². The maximum absolute atomic E-state index is 13.0. The topological polar surface area (TPSA) is 63.6 Å². The van der Waals surface area contributed by atoms with Crippen molar-refractivity contribution >= 4 is 12.3 Å². The number of alkyl halides is 2. The molecule has 0 unspecified atom stereocenters. The van der Waals surface area contributed by atoms with Crippen LogP contribution in [0, 0.1) is 5.82 Å². The fourth-order valence-electron chi connectivity index (χ4n) is 1.04. The Morgan fingerprint density at radius 2 is 2.06 bits per heavy atom. The molecule has 0 amide bonds. The standard InChI is InChI=1S/C9H5F3O4/c10-6-2-5(8(14)15)4(3-13)1-7(6)16-9(11)12/h1-3,9H,(H,14,15). The fourth-order valence-corrected chi connectivity index (χ4v) is 1.04. The first kappa shape index (κ1) is 12.0. The minimum atomic E-state index is -3.26. The number of rotatable bonds is 4. The van der Waals surface area contributed by atoms with E-state index >= 15 is 0 Å². The lowest BCUT2D eigenvalue weighted by atomic mass is 10.1. The van der Waals surface area contributed by atoms with Crippen molar-refractivity contribution in [2.75, 3.05) is 0 Å². The SMILES string of the molecule is O=Cc1cc(OC(F)F)c(F)cc1C(=O)O. The van der Waals surface area contributed by atoms with Gasteiger partial charge in [-0.1, -0.05) is 0 Å². The molecule has 16 heavy (non-hydrogen) atoms. The van der Waals surface area contributed by atoms with Gasteiger partial charge in [0.15, 0.2) is 17.9 Å². The summed E-state index contributed by atoms with van der Waals surface area (Å²) in [5.41, 5.74) is -1.06. The number of carboxylic acid groups (broad SMARTS) is 1. The highest BCUT2D eigenvalue weighted by molar-refractivity contribution is 5.97. The van der Waals surface area contributed by atoms with Crippen LogP contribution in [-0.4, -0.2) is 24.0 Å². The normalized spacial score (nSPS) is 10.2. The summed E-state index contributed by atoms with van der Waals surface area (Å²) in [4.78, 5) is 21.0. The Labute approximate surface area is 87.3 Å². The number of halogens is 3. The van der Waals surface area contributed by atoms with E-state index in [-0.39, 0.29) is 6.29 Å². The lowest BCUT2D eigenvalue weighted by molar-refractivity contribution is -0.0522. The van der Waals surface area contributed by atoms with Crippen molar-refractivity contribution in [3.8, 4) is 5.75 Å². The molecule has 7 heteroatoms. The highest BCUT2D eigenvalue weighted by Crippen LogP contribution is 2.23. The zero-order chi connectivity index (χ0) is 12.3. The first-order valence-electron chi connectivity index (χ1n) is 3.92. The molecule has 0 bridgehead atoms. The second-order valence-electron chi connectivity index (χ2n) is 2.67. The lowest BCUT2D eigenvalue weighted by Gasteiger charge is -2.07. The Morgan fingerprint density at radius 3 is 2.50 bits per heavy atom. The number of aldehydes is 1. The van der Waals surface area contributed by atoms with Gasteiger partial charge in [0.1, 0.15) is 0 Å². The molecule has 1 aromatic carbocycles. The molecule has 1 rings (SSSR count). The number of hydrogen-bond acceptors (Lipinski definition) is 3. The van der Waals surface area contributed by atoms with E-state index in [9.17, 15) is 22.8 Å². The number of aromatic carboxylic acids is 1. The van der Waals surface area contributed by atoms with Crippen LogP contribution in [0.15, 0.2) is 12.1 Å². The zero-order valence-electron chi connectivity index (χ0n) is 7.62. The Balaban J connectivity index is 3.25. The summed E-state index contributed by atoms with van der Waals surface area (Å²) >= 11 is 0. The van der Waals surface area contributed by atoms with Gasteiger partial charge in [0.25, 0.3) is 0 Å². The highest BCUT2D eigenvalue weighted by Gasteiger charge is 2.17. The van der Waals surface area contributed by atoms with Crippen molar-refractivity contribution in [2.45, 2.75) is 6.61 Å². The smallest absolute Gasteiger partial charge is 0.387 e. The second-order valence-corrected chi connectivity index (χ2v) is 2.67. The van der Waals surface area contributed by atoms with Gasteiger partial charge in [0, 0.05) is 5.56 Å². The summed E-state index contributed by atoms with van der Waals surface area (Å²) in [7, 11) is 0.